The van der Waals surface area contributed by atoms with Crippen LogP contribution >= 0.6 is 0 Å². The van der Waals surface area contributed by atoms with Gasteiger partial charge in [0.1, 0.15) is 0 Å². The maximum Gasteiger partial charge on any atom is 0.243 e. The van der Waals surface area contributed by atoms with Crippen molar-refractivity contribution in [1.29, 1.82) is 0 Å². The van der Waals surface area contributed by atoms with Crippen molar-refractivity contribution >= 4 is 21.6 Å². The molecule has 0 aromatic heterocycles. The van der Waals surface area contributed by atoms with Gasteiger partial charge in [0.15, 0.2) is 0 Å². The Morgan fingerprint density at radius 1 is 1.07 bits per heavy atom. The number of carbonyl (C=O) groups is 1. The average molecular weight is 387 g/mol. The number of hydrogen-bond donors (Lipinski definition) is 1. The summed E-state index contributed by atoms with van der Waals surface area (Å²) < 4.78 is 27.1. The number of hydrogen-bond acceptors (Lipinski definition) is 3. The molecule has 5 nitrogen and oxygen atoms in total. The van der Waals surface area contributed by atoms with Gasteiger partial charge >= 0.3 is 0 Å². The van der Waals surface area contributed by atoms with E-state index < -0.39 is 10.0 Å². The molecule has 0 unspecified atom stereocenters. The van der Waals surface area contributed by atoms with Crippen molar-refractivity contribution in [3.8, 4) is 0 Å². The third-order valence-corrected chi connectivity index (χ3v) is 6.94. The van der Waals surface area contributed by atoms with Gasteiger partial charge in [-0.1, -0.05) is 35.9 Å². The largest absolute Gasteiger partial charge is 0.325 e. The highest BCUT2D eigenvalue weighted by Gasteiger charge is 2.33. The van der Waals surface area contributed by atoms with Crippen LogP contribution in [0.25, 0.3) is 0 Å². The third-order valence-electron chi connectivity index (χ3n) is 5.06. The molecule has 144 valence electrons. The number of anilines is 1. The summed E-state index contributed by atoms with van der Waals surface area (Å²) >= 11 is 0. The molecule has 1 fully saturated rings. The number of amides is 1. The van der Waals surface area contributed by atoms with Crippen LogP contribution < -0.4 is 5.32 Å². The molecule has 1 aliphatic heterocycles. The summed E-state index contributed by atoms with van der Waals surface area (Å²) in [6.45, 7) is 6.64. The van der Waals surface area contributed by atoms with Crippen molar-refractivity contribution < 1.29 is 13.2 Å². The van der Waals surface area contributed by atoms with Crippen LogP contribution in [0, 0.1) is 26.7 Å². The summed E-state index contributed by atoms with van der Waals surface area (Å²) in [6, 6.07) is 12.5. The molecule has 0 saturated carbocycles. The van der Waals surface area contributed by atoms with Crippen LogP contribution in [0.2, 0.25) is 0 Å². The second kappa shape index (κ2) is 7.82. The predicted octanol–water partition coefficient (Wildman–Crippen LogP) is 3.65. The van der Waals surface area contributed by atoms with E-state index in [0.717, 1.165) is 22.4 Å². The van der Waals surface area contributed by atoms with Gasteiger partial charge in [-0.15, -0.1) is 0 Å². The van der Waals surface area contributed by atoms with Crippen molar-refractivity contribution in [3.63, 3.8) is 0 Å². The lowest BCUT2D eigenvalue weighted by Gasteiger charge is -2.31. The minimum absolute atomic E-state index is 0.113. The quantitative estimate of drug-likeness (QED) is 0.872. The van der Waals surface area contributed by atoms with Crippen molar-refractivity contribution in [2.75, 3.05) is 18.4 Å². The molecule has 1 saturated heterocycles. The fourth-order valence-corrected chi connectivity index (χ4v) is 5.26. The van der Waals surface area contributed by atoms with Gasteiger partial charge < -0.3 is 5.32 Å². The van der Waals surface area contributed by atoms with Crippen molar-refractivity contribution in [1.82, 2.24) is 4.31 Å². The van der Waals surface area contributed by atoms with E-state index in [1.54, 1.807) is 30.3 Å². The first-order chi connectivity index (χ1) is 12.8. The van der Waals surface area contributed by atoms with Crippen LogP contribution in [-0.2, 0) is 14.8 Å². The van der Waals surface area contributed by atoms with E-state index in [1.807, 2.05) is 32.9 Å². The zero-order valence-corrected chi connectivity index (χ0v) is 16.8. The Hall–Kier alpha value is -2.18. The Labute approximate surface area is 161 Å². The minimum atomic E-state index is -3.57. The smallest absolute Gasteiger partial charge is 0.243 e. The lowest BCUT2D eigenvalue weighted by Crippen LogP contribution is -2.43. The average Bonchev–Trinajstić information content (AvgIpc) is 2.65. The van der Waals surface area contributed by atoms with E-state index in [9.17, 15) is 13.2 Å². The summed E-state index contributed by atoms with van der Waals surface area (Å²) in [7, 11) is -3.57. The Bertz CT molecular complexity index is 916. The molecular weight excluding hydrogens is 360 g/mol. The summed E-state index contributed by atoms with van der Waals surface area (Å²) in [5.74, 6) is -0.463. The van der Waals surface area contributed by atoms with Crippen LogP contribution in [-0.4, -0.2) is 31.7 Å². The van der Waals surface area contributed by atoms with E-state index in [4.69, 9.17) is 0 Å². The number of sulfonamides is 1. The van der Waals surface area contributed by atoms with Crippen molar-refractivity contribution in [2.24, 2.45) is 5.92 Å². The number of rotatable bonds is 4. The normalized spacial score (nSPS) is 18.3. The van der Waals surface area contributed by atoms with Gasteiger partial charge in [-0.25, -0.2) is 8.42 Å². The molecule has 1 aliphatic rings. The third kappa shape index (κ3) is 4.22. The van der Waals surface area contributed by atoms with E-state index in [-0.39, 0.29) is 23.3 Å². The van der Waals surface area contributed by atoms with Crippen LogP contribution in [0.4, 0.5) is 5.69 Å². The van der Waals surface area contributed by atoms with E-state index in [0.29, 0.717) is 19.4 Å². The molecule has 1 atom stereocenters. The molecule has 0 aliphatic carbocycles. The Morgan fingerprint density at radius 2 is 1.70 bits per heavy atom. The predicted molar refractivity (Wildman–Crippen MR) is 107 cm³/mol. The van der Waals surface area contributed by atoms with Gasteiger partial charge in [0, 0.05) is 18.8 Å². The SMILES string of the molecule is Cc1cc(C)c(NC(=O)[C@@H]2CCCN(S(=O)(=O)c3ccccc3)C2)c(C)c1. The van der Waals surface area contributed by atoms with Crippen LogP contribution in [0.15, 0.2) is 47.4 Å². The van der Waals surface area contributed by atoms with E-state index in [2.05, 4.69) is 5.32 Å². The summed E-state index contributed by atoms with van der Waals surface area (Å²) in [4.78, 5) is 13.1. The topological polar surface area (TPSA) is 66.5 Å². The van der Waals surface area contributed by atoms with Crippen LogP contribution in [0.1, 0.15) is 29.5 Å². The number of nitrogens with zero attached hydrogens (tertiary/aromatic N) is 1. The first-order valence-electron chi connectivity index (χ1n) is 9.23. The summed E-state index contributed by atoms with van der Waals surface area (Å²) in [6.07, 6.45) is 1.37. The van der Waals surface area contributed by atoms with E-state index in [1.165, 1.54) is 4.31 Å². The molecular formula is C21H26N2O3S. The van der Waals surface area contributed by atoms with Crippen LogP contribution in [0.3, 0.4) is 0 Å². The van der Waals surface area contributed by atoms with E-state index >= 15 is 0 Å². The number of carbonyl (C=O) groups excluding carboxylic acids is 1. The lowest BCUT2D eigenvalue weighted by molar-refractivity contribution is -0.120. The molecule has 3 rings (SSSR count). The lowest BCUT2D eigenvalue weighted by atomic mass is 9.98. The first kappa shape index (κ1) is 19.6. The molecule has 6 heteroatoms. The Kier molecular flexibility index (Phi) is 5.67. The molecule has 2 aromatic rings. The zero-order valence-electron chi connectivity index (χ0n) is 16.0. The van der Waals surface area contributed by atoms with Crippen molar-refractivity contribution in [3.05, 3.63) is 59.2 Å². The highest BCUT2D eigenvalue weighted by Crippen LogP contribution is 2.27. The fourth-order valence-electron chi connectivity index (χ4n) is 3.72. The highest BCUT2D eigenvalue weighted by molar-refractivity contribution is 7.89. The summed E-state index contributed by atoms with van der Waals surface area (Å²) in [5.41, 5.74) is 4.02. The Balaban J connectivity index is 1.76. The number of nitrogens with one attached hydrogen (secondary N) is 1. The van der Waals surface area contributed by atoms with Gasteiger partial charge in [-0.2, -0.15) is 4.31 Å². The second-order valence-corrected chi connectivity index (χ2v) is 9.22. The fraction of sp³-hybridized carbons (Fsp3) is 0.381. The van der Waals surface area contributed by atoms with Gasteiger partial charge in [-0.05, 0) is 56.9 Å². The standard InChI is InChI=1S/C21H26N2O3S/c1-15-12-16(2)20(17(3)13-15)22-21(24)18-8-7-11-23(14-18)27(25,26)19-9-5-4-6-10-19/h4-6,9-10,12-13,18H,7-8,11,14H2,1-3H3,(H,22,24)/t18-/m1/s1. The molecule has 0 spiro atoms. The number of benzene rings is 2. The first-order valence-corrected chi connectivity index (χ1v) is 10.7. The van der Waals surface area contributed by atoms with Crippen molar-refractivity contribution in [2.45, 2.75) is 38.5 Å². The molecule has 2 aromatic carbocycles. The molecule has 1 heterocycles. The second-order valence-electron chi connectivity index (χ2n) is 7.28. The molecule has 0 radical (unpaired) electrons. The maximum absolute atomic E-state index is 12.9. The maximum atomic E-state index is 12.9. The van der Waals surface area contributed by atoms with Gasteiger partial charge in [-0.3, -0.25) is 4.79 Å². The minimum Gasteiger partial charge on any atom is -0.325 e. The number of aryl methyl sites for hydroxylation is 3. The van der Waals surface area contributed by atoms with Crippen LogP contribution in [0.5, 0.6) is 0 Å². The molecule has 1 amide bonds. The highest BCUT2D eigenvalue weighted by atomic mass is 32.2. The molecule has 27 heavy (non-hydrogen) atoms. The number of piperidine rings is 1. The van der Waals surface area contributed by atoms with Gasteiger partial charge in [0.2, 0.25) is 15.9 Å². The van der Waals surface area contributed by atoms with Gasteiger partial charge in [0.25, 0.3) is 0 Å². The summed E-state index contributed by atoms with van der Waals surface area (Å²) in [5, 5.41) is 3.03. The zero-order chi connectivity index (χ0) is 19.6. The Morgan fingerprint density at radius 3 is 2.33 bits per heavy atom. The molecule has 1 N–H and O–H groups in total. The molecule has 0 bridgehead atoms. The monoisotopic (exact) mass is 386 g/mol. The van der Waals surface area contributed by atoms with Gasteiger partial charge in [0.05, 0.1) is 10.8 Å².